The highest BCUT2D eigenvalue weighted by molar-refractivity contribution is 6.35. The SMILES string of the molecule is C=CC(=O)N1CCN(c2nc(=O)n(-c3c(C)ccnc3C(C)C)c3c4c(c(F)cc23)-c2c(ccc(O)c2Cl)CO4)[C@@H](C)C1. The van der Waals surface area contributed by atoms with E-state index < -0.39 is 11.5 Å². The lowest BCUT2D eigenvalue weighted by molar-refractivity contribution is -0.126. The number of anilines is 1. The summed E-state index contributed by atoms with van der Waals surface area (Å²) in [4.78, 5) is 39.3. The molecule has 1 atom stereocenters. The fraction of sp³-hybridized carbons (Fsp3) is 0.312. The third-order valence-corrected chi connectivity index (χ3v) is 8.59. The van der Waals surface area contributed by atoms with E-state index in [9.17, 15) is 14.7 Å². The number of amides is 1. The van der Waals surface area contributed by atoms with Crippen molar-refractivity contribution in [1.29, 1.82) is 0 Å². The summed E-state index contributed by atoms with van der Waals surface area (Å²) in [6.45, 7) is 12.5. The molecule has 2 aromatic heterocycles. The lowest BCUT2D eigenvalue weighted by Gasteiger charge is -2.40. The predicted molar refractivity (Wildman–Crippen MR) is 164 cm³/mol. The molecular formula is C32H31ClFN5O4. The summed E-state index contributed by atoms with van der Waals surface area (Å²) >= 11 is 6.55. The molecule has 4 heterocycles. The number of piperazine rings is 1. The first-order chi connectivity index (χ1) is 20.5. The molecule has 0 radical (unpaired) electrons. The molecule has 9 nitrogen and oxygen atoms in total. The summed E-state index contributed by atoms with van der Waals surface area (Å²) in [7, 11) is 0. The van der Waals surface area contributed by atoms with Gasteiger partial charge in [-0.15, -0.1) is 0 Å². The van der Waals surface area contributed by atoms with Gasteiger partial charge in [0.25, 0.3) is 0 Å². The number of aromatic nitrogens is 3. The monoisotopic (exact) mass is 603 g/mol. The van der Waals surface area contributed by atoms with E-state index in [-0.39, 0.29) is 46.6 Å². The van der Waals surface area contributed by atoms with E-state index >= 15 is 4.39 Å². The Bertz CT molecular complexity index is 1890. The molecular weight excluding hydrogens is 573 g/mol. The van der Waals surface area contributed by atoms with Gasteiger partial charge >= 0.3 is 5.69 Å². The number of carbonyl (C=O) groups excluding carboxylic acids is 1. The number of aryl methyl sites for hydroxylation is 1. The molecule has 1 N–H and O–H groups in total. The molecule has 4 aromatic rings. The number of halogens is 2. The molecule has 0 bridgehead atoms. The van der Waals surface area contributed by atoms with Crippen LogP contribution in [0.15, 0.2) is 47.9 Å². The number of rotatable bonds is 4. The van der Waals surface area contributed by atoms with Gasteiger partial charge in [-0.3, -0.25) is 14.3 Å². The third kappa shape index (κ3) is 4.52. The number of hydrogen-bond acceptors (Lipinski definition) is 7. The highest BCUT2D eigenvalue weighted by Crippen LogP contribution is 2.50. The average molecular weight is 604 g/mol. The number of benzene rings is 2. The maximum Gasteiger partial charge on any atom is 0.354 e. The van der Waals surface area contributed by atoms with E-state index in [1.807, 2.05) is 38.7 Å². The maximum absolute atomic E-state index is 16.3. The topological polar surface area (TPSA) is 101 Å². The summed E-state index contributed by atoms with van der Waals surface area (Å²) in [6, 6.07) is 6.01. The van der Waals surface area contributed by atoms with Gasteiger partial charge in [0, 0.05) is 42.8 Å². The van der Waals surface area contributed by atoms with Gasteiger partial charge < -0.3 is 19.6 Å². The van der Waals surface area contributed by atoms with Crippen molar-refractivity contribution in [2.45, 2.75) is 46.3 Å². The zero-order chi connectivity index (χ0) is 30.7. The van der Waals surface area contributed by atoms with Gasteiger partial charge in [0.1, 0.15) is 29.5 Å². The Morgan fingerprint density at radius 1 is 1.26 bits per heavy atom. The summed E-state index contributed by atoms with van der Waals surface area (Å²) in [5.41, 5.74) is 2.73. The Kier molecular flexibility index (Phi) is 7.12. The summed E-state index contributed by atoms with van der Waals surface area (Å²) in [5, 5.41) is 10.8. The number of phenols is 1. The Hall–Kier alpha value is -4.44. The van der Waals surface area contributed by atoms with Crippen LogP contribution in [-0.4, -0.2) is 56.1 Å². The van der Waals surface area contributed by atoms with Gasteiger partial charge in [-0.25, -0.2) is 9.18 Å². The van der Waals surface area contributed by atoms with Crippen LogP contribution in [0.5, 0.6) is 11.5 Å². The van der Waals surface area contributed by atoms with E-state index in [1.54, 1.807) is 17.2 Å². The van der Waals surface area contributed by atoms with Crippen molar-refractivity contribution in [3.05, 3.63) is 81.3 Å². The van der Waals surface area contributed by atoms with Crippen molar-refractivity contribution >= 4 is 34.2 Å². The molecule has 11 heteroatoms. The van der Waals surface area contributed by atoms with Crippen LogP contribution >= 0.6 is 11.6 Å². The van der Waals surface area contributed by atoms with Crippen LogP contribution in [0, 0.1) is 12.7 Å². The number of phenolic OH excluding ortho intramolecular Hbond substituents is 1. The van der Waals surface area contributed by atoms with Crippen molar-refractivity contribution in [3.63, 3.8) is 0 Å². The van der Waals surface area contributed by atoms with Crippen LogP contribution in [0.2, 0.25) is 5.02 Å². The zero-order valence-corrected chi connectivity index (χ0v) is 25.1. The van der Waals surface area contributed by atoms with E-state index in [0.717, 1.165) is 5.56 Å². The van der Waals surface area contributed by atoms with Crippen LogP contribution in [0.25, 0.3) is 27.7 Å². The number of aromatic hydroxyl groups is 1. The van der Waals surface area contributed by atoms with E-state index in [2.05, 4.69) is 16.5 Å². The lowest BCUT2D eigenvalue weighted by Crippen LogP contribution is -2.54. The Labute approximate surface area is 252 Å². The highest BCUT2D eigenvalue weighted by Gasteiger charge is 2.34. The molecule has 0 aliphatic carbocycles. The van der Waals surface area contributed by atoms with Crippen LogP contribution in [-0.2, 0) is 11.4 Å². The number of hydrogen-bond donors (Lipinski definition) is 1. The van der Waals surface area contributed by atoms with Gasteiger partial charge in [0.2, 0.25) is 5.91 Å². The molecule has 43 heavy (non-hydrogen) atoms. The first-order valence-corrected chi connectivity index (χ1v) is 14.5. The van der Waals surface area contributed by atoms with Gasteiger partial charge in [0.05, 0.1) is 22.0 Å². The molecule has 1 fully saturated rings. The Morgan fingerprint density at radius 3 is 2.72 bits per heavy atom. The smallest absolute Gasteiger partial charge is 0.354 e. The minimum atomic E-state index is -0.635. The molecule has 1 amide bonds. The fourth-order valence-corrected chi connectivity index (χ4v) is 6.42. The van der Waals surface area contributed by atoms with Gasteiger partial charge in [-0.1, -0.05) is 38.1 Å². The maximum atomic E-state index is 16.3. The minimum absolute atomic E-state index is 0.000495. The average Bonchev–Trinajstić information content (AvgIpc) is 2.98. The van der Waals surface area contributed by atoms with Crippen molar-refractivity contribution in [3.8, 4) is 28.3 Å². The Balaban J connectivity index is 1.71. The molecule has 2 aromatic carbocycles. The van der Waals surface area contributed by atoms with Gasteiger partial charge in [0.15, 0.2) is 5.75 Å². The highest BCUT2D eigenvalue weighted by atomic mass is 35.5. The molecule has 0 unspecified atom stereocenters. The second-order valence-electron chi connectivity index (χ2n) is 11.3. The summed E-state index contributed by atoms with van der Waals surface area (Å²) in [6.07, 6.45) is 2.97. The van der Waals surface area contributed by atoms with Crippen LogP contribution in [0.4, 0.5) is 10.2 Å². The zero-order valence-electron chi connectivity index (χ0n) is 24.3. The molecule has 6 rings (SSSR count). The van der Waals surface area contributed by atoms with Crippen molar-refractivity contribution in [2.75, 3.05) is 24.5 Å². The first-order valence-electron chi connectivity index (χ1n) is 14.1. The van der Waals surface area contributed by atoms with Gasteiger partial charge in [-0.2, -0.15) is 4.98 Å². The van der Waals surface area contributed by atoms with Crippen molar-refractivity contribution < 1.29 is 19.0 Å². The van der Waals surface area contributed by atoms with Crippen molar-refractivity contribution in [1.82, 2.24) is 19.4 Å². The molecule has 2 aliphatic heterocycles. The van der Waals surface area contributed by atoms with Crippen LogP contribution in [0.1, 0.15) is 43.5 Å². The van der Waals surface area contributed by atoms with Crippen molar-refractivity contribution in [2.24, 2.45) is 0 Å². The van der Waals surface area contributed by atoms with Crippen LogP contribution < -0.4 is 15.3 Å². The third-order valence-electron chi connectivity index (χ3n) is 8.20. The summed E-state index contributed by atoms with van der Waals surface area (Å²) < 4.78 is 24.1. The molecule has 0 saturated carbocycles. The quantitative estimate of drug-likeness (QED) is 0.308. The minimum Gasteiger partial charge on any atom is -0.506 e. The normalized spacial score (nSPS) is 16.2. The van der Waals surface area contributed by atoms with E-state index in [0.29, 0.717) is 58.9 Å². The molecule has 1 saturated heterocycles. The lowest BCUT2D eigenvalue weighted by atomic mass is 9.94. The number of fused-ring (bicyclic) bond motifs is 5. The first kappa shape index (κ1) is 28.7. The second kappa shape index (κ2) is 10.7. The molecule has 0 spiro atoms. The van der Waals surface area contributed by atoms with E-state index in [4.69, 9.17) is 16.3 Å². The fourth-order valence-electron chi connectivity index (χ4n) is 6.14. The molecule has 222 valence electrons. The van der Waals surface area contributed by atoms with Crippen LogP contribution in [0.3, 0.4) is 0 Å². The predicted octanol–water partition coefficient (Wildman–Crippen LogP) is 5.49. The number of ether oxygens (including phenoxy) is 1. The Morgan fingerprint density at radius 2 is 2.02 bits per heavy atom. The largest absolute Gasteiger partial charge is 0.506 e. The number of pyridine rings is 1. The number of nitrogens with zero attached hydrogens (tertiary/aromatic N) is 5. The van der Waals surface area contributed by atoms with Gasteiger partial charge in [-0.05, 0) is 55.2 Å². The standard InChI is InChI=1S/C32H31ClFN5O4/c1-6-23(41)37-11-12-38(18(5)14-37)31-20-13-21(34)25-24-19(7-8-22(40)26(24)33)15-43-30(25)29(20)39(32(42)36-31)28-17(4)9-10-35-27(28)16(2)3/h6-10,13,16,18,40H,1,11-12,14-15H2,2-5H3/t18-/m0/s1. The summed E-state index contributed by atoms with van der Waals surface area (Å²) in [5.74, 6) is -0.630. The molecule has 2 aliphatic rings. The van der Waals surface area contributed by atoms with E-state index in [1.165, 1.54) is 22.8 Å². The number of carbonyl (C=O) groups is 1. The second-order valence-corrected chi connectivity index (χ2v) is 11.7.